The monoisotopic (exact) mass is 359 g/mol. The van der Waals surface area contributed by atoms with E-state index in [2.05, 4.69) is 21.8 Å². The topological polar surface area (TPSA) is 93.9 Å². The van der Waals surface area contributed by atoms with Gasteiger partial charge in [0.15, 0.2) is 0 Å². The first-order chi connectivity index (χ1) is 12.6. The van der Waals surface area contributed by atoms with Crippen LogP contribution in [0.25, 0.3) is 0 Å². The van der Waals surface area contributed by atoms with E-state index in [-0.39, 0.29) is 11.6 Å². The lowest BCUT2D eigenvalue weighted by Gasteiger charge is -2.34. The number of likely N-dealkylation sites (N-methyl/N-ethyl adjacent to an activating group) is 1. The summed E-state index contributed by atoms with van der Waals surface area (Å²) in [6.45, 7) is 6.09. The maximum Gasteiger partial charge on any atom is 0.373 e. The minimum atomic E-state index is -0.486. The van der Waals surface area contributed by atoms with Crippen LogP contribution >= 0.6 is 0 Å². The van der Waals surface area contributed by atoms with Crippen LogP contribution in [0.1, 0.15) is 6.92 Å². The molecule has 9 heteroatoms. The van der Waals surface area contributed by atoms with E-state index in [4.69, 9.17) is 9.47 Å². The van der Waals surface area contributed by atoms with Gasteiger partial charge >= 0.3 is 11.6 Å². The van der Waals surface area contributed by atoms with Crippen LogP contribution in [0.3, 0.4) is 0 Å². The number of hydrogen-bond acceptors (Lipinski definition) is 8. The molecule has 0 N–H and O–H groups in total. The second-order valence-electron chi connectivity index (χ2n) is 5.81. The molecular weight excluding hydrogens is 338 g/mol. The Morgan fingerprint density at radius 3 is 2.35 bits per heavy atom. The molecule has 1 aromatic heterocycles. The molecule has 0 amide bonds. The zero-order valence-electron chi connectivity index (χ0n) is 14.8. The van der Waals surface area contributed by atoms with Crippen LogP contribution in [0.2, 0.25) is 0 Å². The molecule has 3 rings (SSSR count). The van der Waals surface area contributed by atoms with Gasteiger partial charge in [0.05, 0.1) is 12.0 Å². The molecule has 0 saturated carbocycles. The average molecular weight is 359 g/mol. The molecule has 1 aliphatic heterocycles. The first-order valence-corrected chi connectivity index (χ1v) is 8.41. The van der Waals surface area contributed by atoms with Crippen molar-refractivity contribution in [3.8, 4) is 17.4 Å². The van der Waals surface area contributed by atoms with Gasteiger partial charge in [0.25, 0.3) is 0 Å². The van der Waals surface area contributed by atoms with Gasteiger partial charge in [0.1, 0.15) is 17.8 Å². The van der Waals surface area contributed by atoms with E-state index < -0.39 is 4.92 Å². The van der Waals surface area contributed by atoms with Crippen LogP contribution in [0.5, 0.6) is 17.4 Å². The van der Waals surface area contributed by atoms with E-state index in [9.17, 15) is 10.1 Å². The predicted molar refractivity (Wildman–Crippen MR) is 96.1 cm³/mol. The molecule has 138 valence electrons. The van der Waals surface area contributed by atoms with Gasteiger partial charge in [-0.05, 0) is 30.8 Å². The van der Waals surface area contributed by atoms with Crippen molar-refractivity contribution in [1.82, 2.24) is 14.9 Å². The van der Waals surface area contributed by atoms with Crippen molar-refractivity contribution in [1.29, 1.82) is 0 Å². The number of anilines is 1. The molecule has 0 bridgehead atoms. The molecule has 1 fully saturated rings. The highest BCUT2D eigenvalue weighted by molar-refractivity contribution is 5.63. The van der Waals surface area contributed by atoms with Crippen molar-refractivity contribution in [2.75, 3.05) is 44.7 Å². The number of hydrogen-bond donors (Lipinski definition) is 0. The summed E-state index contributed by atoms with van der Waals surface area (Å²) >= 11 is 0. The summed E-state index contributed by atoms with van der Waals surface area (Å²) in [5.74, 6) is 1.34. The minimum Gasteiger partial charge on any atom is -0.497 e. The summed E-state index contributed by atoms with van der Waals surface area (Å²) in [6, 6.07) is 6.77. The van der Waals surface area contributed by atoms with E-state index >= 15 is 0 Å². The third-order valence-corrected chi connectivity index (χ3v) is 4.34. The van der Waals surface area contributed by atoms with E-state index in [1.54, 1.807) is 31.4 Å². The number of rotatable bonds is 6. The summed E-state index contributed by atoms with van der Waals surface area (Å²) in [6.07, 6.45) is 1.30. The summed E-state index contributed by atoms with van der Waals surface area (Å²) in [5.41, 5.74) is -0.215. The smallest absolute Gasteiger partial charge is 0.373 e. The number of piperazine rings is 1. The molecule has 0 radical (unpaired) electrons. The first-order valence-electron chi connectivity index (χ1n) is 8.41. The van der Waals surface area contributed by atoms with Crippen molar-refractivity contribution < 1.29 is 14.4 Å². The predicted octanol–water partition coefficient (Wildman–Crippen LogP) is 2.33. The molecule has 1 saturated heterocycles. The third-order valence-electron chi connectivity index (χ3n) is 4.34. The van der Waals surface area contributed by atoms with Crippen LogP contribution in [-0.4, -0.2) is 59.6 Å². The fourth-order valence-electron chi connectivity index (χ4n) is 2.85. The van der Waals surface area contributed by atoms with Gasteiger partial charge in [-0.15, -0.1) is 0 Å². The van der Waals surface area contributed by atoms with Crippen molar-refractivity contribution in [3.63, 3.8) is 0 Å². The Morgan fingerprint density at radius 1 is 1.12 bits per heavy atom. The second kappa shape index (κ2) is 7.96. The van der Waals surface area contributed by atoms with Crippen molar-refractivity contribution in [2.45, 2.75) is 6.92 Å². The lowest BCUT2D eigenvalue weighted by Crippen LogP contribution is -2.46. The van der Waals surface area contributed by atoms with Crippen LogP contribution in [0, 0.1) is 10.1 Å². The molecule has 0 aliphatic carbocycles. The maximum atomic E-state index is 11.7. The summed E-state index contributed by atoms with van der Waals surface area (Å²) < 4.78 is 10.8. The average Bonchev–Trinajstić information content (AvgIpc) is 2.68. The van der Waals surface area contributed by atoms with Crippen molar-refractivity contribution >= 4 is 11.5 Å². The van der Waals surface area contributed by atoms with Crippen molar-refractivity contribution in [2.24, 2.45) is 0 Å². The Kier molecular flexibility index (Phi) is 5.47. The maximum absolute atomic E-state index is 11.7. The third kappa shape index (κ3) is 3.83. The Morgan fingerprint density at radius 2 is 1.77 bits per heavy atom. The quantitative estimate of drug-likeness (QED) is 0.573. The zero-order chi connectivity index (χ0) is 18.5. The van der Waals surface area contributed by atoms with Gasteiger partial charge in [-0.1, -0.05) is 6.92 Å². The van der Waals surface area contributed by atoms with E-state index in [0.29, 0.717) is 30.4 Å². The molecule has 1 aliphatic rings. The van der Waals surface area contributed by atoms with Crippen LogP contribution in [0.15, 0.2) is 30.6 Å². The molecule has 1 aromatic carbocycles. The largest absolute Gasteiger partial charge is 0.497 e. The molecule has 2 aromatic rings. The normalized spacial score (nSPS) is 14.9. The van der Waals surface area contributed by atoms with E-state index in [0.717, 1.165) is 19.6 Å². The summed E-state index contributed by atoms with van der Waals surface area (Å²) in [4.78, 5) is 23.5. The fraction of sp³-hybridized carbons (Fsp3) is 0.412. The molecule has 2 heterocycles. The molecular formula is C17H21N5O4. The highest BCUT2D eigenvalue weighted by Crippen LogP contribution is 2.36. The molecule has 0 unspecified atom stereocenters. The second-order valence-corrected chi connectivity index (χ2v) is 5.81. The van der Waals surface area contributed by atoms with E-state index in [1.807, 2.05) is 4.90 Å². The number of nitro groups is 1. The van der Waals surface area contributed by atoms with E-state index in [1.165, 1.54) is 6.33 Å². The van der Waals surface area contributed by atoms with Gasteiger partial charge in [-0.2, -0.15) is 4.98 Å². The highest BCUT2D eigenvalue weighted by Gasteiger charge is 2.30. The van der Waals surface area contributed by atoms with Crippen LogP contribution in [-0.2, 0) is 0 Å². The molecule has 9 nitrogen and oxygen atoms in total. The minimum absolute atomic E-state index is 0.0666. The fourth-order valence-corrected chi connectivity index (χ4v) is 2.85. The standard InChI is InChI=1S/C17H21N5O4/c1-3-20-8-10-21(11-9-20)16-15(22(23)24)17(19-12-18-16)26-14-6-4-13(25-2)5-7-14/h4-7,12H,3,8-11H2,1-2H3. The molecule has 0 spiro atoms. The SMILES string of the molecule is CCN1CCN(c2ncnc(Oc3ccc(OC)cc3)c2[N+](=O)[O-])CC1. The molecule has 26 heavy (non-hydrogen) atoms. The first kappa shape index (κ1) is 17.9. The summed E-state index contributed by atoms with van der Waals surface area (Å²) in [5, 5.41) is 11.7. The number of nitrogens with zero attached hydrogens (tertiary/aromatic N) is 5. The Bertz CT molecular complexity index is 760. The number of methoxy groups -OCH3 is 1. The van der Waals surface area contributed by atoms with Gasteiger partial charge in [-0.25, -0.2) is 4.98 Å². The van der Waals surface area contributed by atoms with Gasteiger partial charge in [-0.3, -0.25) is 10.1 Å². The molecule has 0 atom stereocenters. The zero-order valence-corrected chi connectivity index (χ0v) is 14.8. The number of benzene rings is 1. The number of ether oxygens (including phenoxy) is 2. The van der Waals surface area contributed by atoms with Gasteiger partial charge in [0, 0.05) is 26.2 Å². The van der Waals surface area contributed by atoms with Crippen LogP contribution in [0.4, 0.5) is 11.5 Å². The van der Waals surface area contributed by atoms with Crippen molar-refractivity contribution in [3.05, 3.63) is 40.7 Å². The highest BCUT2D eigenvalue weighted by atomic mass is 16.6. The Labute approximate surface area is 151 Å². The lowest BCUT2D eigenvalue weighted by molar-refractivity contribution is -0.385. The Hall–Kier alpha value is -2.94. The van der Waals surface area contributed by atoms with Crippen LogP contribution < -0.4 is 14.4 Å². The number of aromatic nitrogens is 2. The van der Waals surface area contributed by atoms with Gasteiger partial charge < -0.3 is 19.3 Å². The van der Waals surface area contributed by atoms with Gasteiger partial charge in [0.2, 0.25) is 5.82 Å². The summed E-state index contributed by atoms with van der Waals surface area (Å²) in [7, 11) is 1.57. The lowest BCUT2D eigenvalue weighted by atomic mass is 10.3. The Balaban J connectivity index is 1.87.